The molecule has 2 aromatic carbocycles. The van der Waals surface area contributed by atoms with Crippen molar-refractivity contribution in [2.75, 3.05) is 7.05 Å². The third kappa shape index (κ3) is 2.48. The first-order valence-corrected chi connectivity index (χ1v) is 7.82. The van der Waals surface area contributed by atoms with Crippen LogP contribution in [-0.4, -0.2) is 23.1 Å². The standard InChI is InChI=1S/C19H19N3/c1-20-17-12-14(17)19-18(11-13-7-3-2-4-8-13)21-15-9-5-6-10-16(15)22-19/h2-10,14,17,20H,11-12H2,1H3. The summed E-state index contributed by atoms with van der Waals surface area (Å²) in [5.41, 5.74) is 5.56. The molecule has 22 heavy (non-hydrogen) atoms. The predicted octanol–water partition coefficient (Wildman–Crippen LogP) is 3.30. The third-order valence-corrected chi connectivity index (χ3v) is 4.40. The summed E-state index contributed by atoms with van der Waals surface area (Å²) in [7, 11) is 2.02. The molecule has 0 saturated heterocycles. The van der Waals surface area contributed by atoms with Gasteiger partial charge in [0, 0.05) is 18.4 Å². The van der Waals surface area contributed by atoms with Crippen molar-refractivity contribution in [1.29, 1.82) is 0 Å². The fraction of sp³-hybridized carbons (Fsp3) is 0.263. The van der Waals surface area contributed by atoms with E-state index in [1.165, 1.54) is 11.3 Å². The number of para-hydroxylation sites is 2. The molecule has 1 fully saturated rings. The van der Waals surface area contributed by atoms with Crippen LogP contribution < -0.4 is 5.32 Å². The smallest absolute Gasteiger partial charge is 0.0890 e. The van der Waals surface area contributed by atoms with E-state index in [1.54, 1.807) is 0 Å². The van der Waals surface area contributed by atoms with Crippen LogP contribution in [0.5, 0.6) is 0 Å². The lowest BCUT2D eigenvalue weighted by Crippen LogP contribution is -2.12. The second kappa shape index (κ2) is 5.50. The van der Waals surface area contributed by atoms with Crippen molar-refractivity contribution in [3.8, 4) is 0 Å². The van der Waals surface area contributed by atoms with Gasteiger partial charge in [-0.25, -0.2) is 9.97 Å². The molecule has 1 aromatic heterocycles. The molecule has 3 aromatic rings. The van der Waals surface area contributed by atoms with Crippen LogP contribution in [0.25, 0.3) is 11.0 Å². The van der Waals surface area contributed by atoms with E-state index in [0.717, 1.165) is 29.6 Å². The van der Waals surface area contributed by atoms with Gasteiger partial charge in [0.25, 0.3) is 0 Å². The molecule has 1 heterocycles. The molecule has 3 nitrogen and oxygen atoms in total. The predicted molar refractivity (Wildman–Crippen MR) is 89.0 cm³/mol. The minimum atomic E-state index is 0.501. The Bertz CT molecular complexity index is 798. The van der Waals surface area contributed by atoms with Gasteiger partial charge < -0.3 is 5.32 Å². The van der Waals surface area contributed by atoms with Gasteiger partial charge in [0.2, 0.25) is 0 Å². The van der Waals surface area contributed by atoms with E-state index in [9.17, 15) is 0 Å². The summed E-state index contributed by atoms with van der Waals surface area (Å²) in [6, 6.07) is 19.2. The summed E-state index contributed by atoms with van der Waals surface area (Å²) in [5.74, 6) is 0.501. The molecule has 2 atom stereocenters. The number of benzene rings is 2. The second-order valence-electron chi connectivity index (χ2n) is 5.94. The van der Waals surface area contributed by atoms with Crippen LogP contribution in [0.15, 0.2) is 54.6 Å². The maximum atomic E-state index is 4.93. The molecule has 1 aliphatic carbocycles. The molecule has 0 spiro atoms. The first kappa shape index (κ1) is 13.4. The van der Waals surface area contributed by atoms with E-state index >= 15 is 0 Å². The van der Waals surface area contributed by atoms with Crippen LogP contribution in [0.2, 0.25) is 0 Å². The Morgan fingerprint density at radius 3 is 2.32 bits per heavy atom. The number of nitrogens with zero attached hydrogens (tertiary/aromatic N) is 2. The van der Waals surface area contributed by atoms with Crippen molar-refractivity contribution >= 4 is 11.0 Å². The molecule has 110 valence electrons. The summed E-state index contributed by atoms with van der Waals surface area (Å²) >= 11 is 0. The molecular formula is C19H19N3. The maximum Gasteiger partial charge on any atom is 0.0890 e. The van der Waals surface area contributed by atoms with Crippen molar-refractivity contribution in [2.45, 2.75) is 24.8 Å². The van der Waals surface area contributed by atoms with Crippen LogP contribution in [-0.2, 0) is 6.42 Å². The first-order valence-electron chi connectivity index (χ1n) is 7.82. The second-order valence-corrected chi connectivity index (χ2v) is 5.94. The molecule has 2 unspecified atom stereocenters. The molecule has 0 aliphatic heterocycles. The van der Waals surface area contributed by atoms with Crippen molar-refractivity contribution in [3.63, 3.8) is 0 Å². The Kier molecular flexibility index (Phi) is 3.35. The van der Waals surface area contributed by atoms with Crippen molar-refractivity contribution in [1.82, 2.24) is 15.3 Å². The highest BCUT2D eigenvalue weighted by atomic mass is 15.0. The largest absolute Gasteiger partial charge is 0.316 e. The number of aromatic nitrogens is 2. The van der Waals surface area contributed by atoms with E-state index in [2.05, 4.69) is 41.7 Å². The molecule has 0 radical (unpaired) electrons. The minimum Gasteiger partial charge on any atom is -0.316 e. The number of likely N-dealkylation sites (N-methyl/N-ethyl adjacent to an activating group) is 1. The SMILES string of the molecule is CNC1CC1c1nc2ccccc2nc1Cc1ccccc1. The zero-order valence-corrected chi connectivity index (χ0v) is 12.7. The molecule has 4 rings (SSSR count). The lowest BCUT2D eigenvalue weighted by molar-refractivity contribution is 0.768. The number of hydrogen-bond acceptors (Lipinski definition) is 3. The Morgan fingerprint density at radius 2 is 1.64 bits per heavy atom. The highest BCUT2D eigenvalue weighted by molar-refractivity contribution is 5.74. The molecular weight excluding hydrogens is 270 g/mol. The van der Waals surface area contributed by atoms with Gasteiger partial charge in [-0.15, -0.1) is 0 Å². The van der Waals surface area contributed by atoms with Crippen LogP contribution in [0, 0.1) is 0 Å². The first-order chi connectivity index (χ1) is 10.8. The summed E-state index contributed by atoms with van der Waals surface area (Å²) in [5, 5.41) is 3.36. The quantitative estimate of drug-likeness (QED) is 0.801. The number of hydrogen-bond donors (Lipinski definition) is 1. The van der Waals surface area contributed by atoms with Gasteiger partial charge in [-0.1, -0.05) is 42.5 Å². The van der Waals surface area contributed by atoms with Gasteiger partial charge in [0.05, 0.1) is 22.4 Å². The molecule has 3 heteroatoms. The number of nitrogens with one attached hydrogen (secondary N) is 1. The lowest BCUT2D eigenvalue weighted by Gasteiger charge is -2.10. The van der Waals surface area contributed by atoms with Crippen LogP contribution in [0.4, 0.5) is 0 Å². The van der Waals surface area contributed by atoms with Gasteiger partial charge in [0.1, 0.15) is 0 Å². The van der Waals surface area contributed by atoms with E-state index in [1.807, 2.05) is 25.2 Å². The third-order valence-electron chi connectivity index (χ3n) is 4.40. The monoisotopic (exact) mass is 289 g/mol. The van der Waals surface area contributed by atoms with Crippen molar-refractivity contribution in [3.05, 3.63) is 71.5 Å². The summed E-state index contributed by atoms with van der Waals surface area (Å²) in [6.45, 7) is 0. The van der Waals surface area contributed by atoms with E-state index in [4.69, 9.17) is 9.97 Å². The Hall–Kier alpha value is -2.26. The molecule has 0 bridgehead atoms. The van der Waals surface area contributed by atoms with Gasteiger partial charge in [0.15, 0.2) is 0 Å². The maximum absolute atomic E-state index is 4.93. The zero-order chi connectivity index (χ0) is 14.9. The van der Waals surface area contributed by atoms with E-state index < -0.39 is 0 Å². The average molecular weight is 289 g/mol. The molecule has 1 saturated carbocycles. The van der Waals surface area contributed by atoms with Crippen LogP contribution in [0.1, 0.15) is 29.3 Å². The molecule has 1 aliphatic rings. The fourth-order valence-corrected chi connectivity index (χ4v) is 3.08. The van der Waals surface area contributed by atoms with Gasteiger partial charge in [-0.05, 0) is 31.2 Å². The minimum absolute atomic E-state index is 0.501. The number of rotatable bonds is 4. The number of fused-ring (bicyclic) bond motifs is 1. The molecule has 1 N–H and O–H groups in total. The lowest BCUT2D eigenvalue weighted by atomic mass is 10.1. The van der Waals surface area contributed by atoms with E-state index in [-0.39, 0.29) is 0 Å². The van der Waals surface area contributed by atoms with Crippen molar-refractivity contribution < 1.29 is 0 Å². The van der Waals surface area contributed by atoms with Crippen LogP contribution in [0.3, 0.4) is 0 Å². The average Bonchev–Trinajstić information content (AvgIpc) is 3.35. The van der Waals surface area contributed by atoms with Crippen molar-refractivity contribution in [2.24, 2.45) is 0 Å². The molecule has 0 amide bonds. The van der Waals surface area contributed by atoms with E-state index in [0.29, 0.717) is 12.0 Å². The fourth-order valence-electron chi connectivity index (χ4n) is 3.08. The summed E-state index contributed by atoms with van der Waals surface area (Å²) in [4.78, 5) is 9.84. The van der Waals surface area contributed by atoms with Gasteiger partial charge >= 0.3 is 0 Å². The van der Waals surface area contributed by atoms with Crippen LogP contribution >= 0.6 is 0 Å². The highest BCUT2D eigenvalue weighted by Gasteiger charge is 2.40. The Morgan fingerprint density at radius 1 is 0.955 bits per heavy atom. The zero-order valence-electron chi connectivity index (χ0n) is 12.7. The summed E-state index contributed by atoms with van der Waals surface area (Å²) < 4.78 is 0. The highest BCUT2D eigenvalue weighted by Crippen LogP contribution is 2.41. The van der Waals surface area contributed by atoms with Gasteiger partial charge in [-0.2, -0.15) is 0 Å². The Labute approximate surface area is 130 Å². The summed E-state index contributed by atoms with van der Waals surface area (Å²) in [6.07, 6.45) is 2.01. The topological polar surface area (TPSA) is 37.8 Å². The van der Waals surface area contributed by atoms with Gasteiger partial charge in [-0.3, -0.25) is 0 Å². The Balaban J connectivity index is 1.78. The normalized spacial score (nSPS) is 20.2.